The molecule has 0 saturated heterocycles. The van der Waals surface area contributed by atoms with Crippen LogP contribution in [-0.2, 0) is 9.47 Å². The number of pyridine rings is 1. The number of aromatic nitrogens is 1. The molecule has 0 saturated carbocycles. The Hall–Kier alpha value is -1.82. The minimum absolute atomic E-state index is 0.182. The van der Waals surface area contributed by atoms with E-state index in [1.165, 1.54) is 0 Å². The van der Waals surface area contributed by atoms with Gasteiger partial charge < -0.3 is 14.8 Å². The summed E-state index contributed by atoms with van der Waals surface area (Å²) in [5, 5.41) is 5.97. The highest BCUT2D eigenvalue weighted by atomic mass is 16.6. The summed E-state index contributed by atoms with van der Waals surface area (Å²) in [4.78, 5) is 15.9. The van der Waals surface area contributed by atoms with Gasteiger partial charge in [0.05, 0.1) is 17.5 Å². The highest BCUT2D eigenvalue weighted by Gasteiger charge is 2.20. The van der Waals surface area contributed by atoms with E-state index < -0.39 is 11.7 Å². The fourth-order valence-corrected chi connectivity index (χ4v) is 2.12. The minimum Gasteiger partial charge on any atom is -0.444 e. The molecule has 1 atom stereocenters. The van der Waals surface area contributed by atoms with Crippen LogP contribution in [-0.4, -0.2) is 35.4 Å². The van der Waals surface area contributed by atoms with E-state index in [0.29, 0.717) is 5.82 Å². The summed E-state index contributed by atoms with van der Waals surface area (Å²) >= 11 is 0. The second-order valence-corrected chi connectivity index (χ2v) is 7.27. The molecule has 1 rings (SSSR count). The van der Waals surface area contributed by atoms with Gasteiger partial charge >= 0.3 is 6.09 Å². The number of carbonyl (C=O) groups excluding carboxylic acids is 1. The first-order valence-corrected chi connectivity index (χ1v) is 7.78. The van der Waals surface area contributed by atoms with Gasteiger partial charge in [-0.2, -0.15) is 0 Å². The van der Waals surface area contributed by atoms with E-state index in [-0.39, 0.29) is 11.6 Å². The normalized spacial score (nSPS) is 13.3. The maximum atomic E-state index is 11.7. The van der Waals surface area contributed by atoms with Gasteiger partial charge in [0, 0.05) is 13.2 Å². The standard InChI is InChI=1S/C17H29N3O3/c1-12(10-17(5,6)22-7)19-13-8-9-14(18-11-13)20-15(21)23-16(2,3)4/h8-9,11-12,19H,10H2,1-7H3,(H,18,20,21). The highest BCUT2D eigenvalue weighted by Crippen LogP contribution is 2.19. The van der Waals surface area contributed by atoms with E-state index >= 15 is 0 Å². The van der Waals surface area contributed by atoms with Crippen LogP contribution in [0.2, 0.25) is 0 Å². The Bertz CT molecular complexity index is 507. The molecule has 130 valence electrons. The number of methoxy groups -OCH3 is 1. The topological polar surface area (TPSA) is 72.5 Å². The average molecular weight is 323 g/mol. The van der Waals surface area contributed by atoms with Crippen molar-refractivity contribution in [3.8, 4) is 0 Å². The maximum absolute atomic E-state index is 11.7. The van der Waals surface area contributed by atoms with Crippen LogP contribution in [0.15, 0.2) is 18.3 Å². The predicted molar refractivity (Wildman–Crippen MR) is 92.9 cm³/mol. The first kappa shape index (κ1) is 19.2. The van der Waals surface area contributed by atoms with Crippen molar-refractivity contribution in [3.05, 3.63) is 18.3 Å². The molecule has 0 aromatic carbocycles. The summed E-state index contributed by atoms with van der Waals surface area (Å²) in [7, 11) is 1.71. The zero-order chi connectivity index (χ0) is 17.7. The van der Waals surface area contributed by atoms with Gasteiger partial charge in [0.25, 0.3) is 0 Å². The summed E-state index contributed by atoms with van der Waals surface area (Å²) in [6.45, 7) is 11.6. The van der Waals surface area contributed by atoms with Crippen molar-refractivity contribution in [3.63, 3.8) is 0 Å². The van der Waals surface area contributed by atoms with E-state index in [4.69, 9.17) is 9.47 Å². The van der Waals surface area contributed by atoms with Crippen molar-refractivity contribution < 1.29 is 14.3 Å². The molecule has 1 unspecified atom stereocenters. The molecule has 0 fully saturated rings. The number of nitrogens with zero attached hydrogens (tertiary/aromatic N) is 1. The third-order valence-corrected chi connectivity index (χ3v) is 3.16. The van der Waals surface area contributed by atoms with Crippen molar-refractivity contribution >= 4 is 17.6 Å². The summed E-state index contributed by atoms with van der Waals surface area (Å²) < 4.78 is 10.6. The fraction of sp³-hybridized carbons (Fsp3) is 0.647. The molecule has 0 spiro atoms. The Morgan fingerprint density at radius 2 is 1.91 bits per heavy atom. The molecule has 0 aliphatic carbocycles. The number of hydrogen-bond acceptors (Lipinski definition) is 5. The molecular weight excluding hydrogens is 294 g/mol. The lowest BCUT2D eigenvalue weighted by Gasteiger charge is -2.27. The average Bonchev–Trinajstić information content (AvgIpc) is 2.38. The van der Waals surface area contributed by atoms with Gasteiger partial charge in [0.15, 0.2) is 0 Å². The number of rotatable bonds is 6. The SMILES string of the molecule is COC(C)(C)CC(C)Nc1ccc(NC(=O)OC(C)(C)C)nc1. The Kier molecular flexibility index (Phi) is 6.38. The van der Waals surface area contributed by atoms with Crippen molar-refractivity contribution in [2.75, 3.05) is 17.7 Å². The van der Waals surface area contributed by atoms with Gasteiger partial charge in [-0.05, 0) is 60.1 Å². The Morgan fingerprint density at radius 1 is 1.26 bits per heavy atom. The van der Waals surface area contributed by atoms with Crippen LogP contribution in [0.5, 0.6) is 0 Å². The summed E-state index contributed by atoms with van der Waals surface area (Å²) in [5.74, 6) is 0.453. The van der Waals surface area contributed by atoms with E-state index in [2.05, 4.69) is 36.4 Å². The molecule has 6 nitrogen and oxygen atoms in total. The molecule has 6 heteroatoms. The van der Waals surface area contributed by atoms with Crippen LogP contribution >= 0.6 is 0 Å². The monoisotopic (exact) mass is 323 g/mol. The van der Waals surface area contributed by atoms with Gasteiger partial charge in [0.2, 0.25) is 0 Å². The molecule has 23 heavy (non-hydrogen) atoms. The van der Waals surface area contributed by atoms with Crippen LogP contribution in [0.25, 0.3) is 0 Å². The maximum Gasteiger partial charge on any atom is 0.413 e. The van der Waals surface area contributed by atoms with Gasteiger partial charge in [-0.3, -0.25) is 5.32 Å². The number of carbonyl (C=O) groups is 1. The lowest BCUT2D eigenvalue weighted by atomic mass is 10.00. The van der Waals surface area contributed by atoms with Gasteiger partial charge in [-0.15, -0.1) is 0 Å². The number of hydrogen-bond donors (Lipinski definition) is 2. The number of ether oxygens (including phenoxy) is 2. The van der Waals surface area contributed by atoms with Crippen LogP contribution in [0, 0.1) is 0 Å². The van der Waals surface area contributed by atoms with Crippen LogP contribution in [0.3, 0.4) is 0 Å². The van der Waals surface area contributed by atoms with E-state index in [1.807, 2.05) is 26.8 Å². The van der Waals surface area contributed by atoms with E-state index in [0.717, 1.165) is 12.1 Å². The first-order valence-electron chi connectivity index (χ1n) is 7.78. The van der Waals surface area contributed by atoms with E-state index in [9.17, 15) is 4.79 Å². The smallest absolute Gasteiger partial charge is 0.413 e. The Labute approximate surface area is 139 Å². The van der Waals surface area contributed by atoms with Crippen molar-refractivity contribution in [2.24, 2.45) is 0 Å². The highest BCUT2D eigenvalue weighted by molar-refractivity contribution is 5.83. The second-order valence-electron chi connectivity index (χ2n) is 7.27. The molecule has 1 heterocycles. The van der Waals surface area contributed by atoms with E-state index in [1.54, 1.807) is 19.4 Å². The zero-order valence-corrected chi connectivity index (χ0v) is 15.2. The first-order chi connectivity index (χ1) is 10.5. The largest absolute Gasteiger partial charge is 0.444 e. The molecule has 1 aromatic heterocycles. The molecule has 0 bridgehead atoms. The van der Waals surface area contributed by atoms with Crippen molar-refractivity contribution in [1.82, 2.24) is 4.98 Å². The molecule has 1 amide bonds. The van der Waals surface area contributed by atoms with Gasteiger partial charge in [-0.25, -0.2) is 9.78 Å². The summed E-state index contributed by atoms with van der Waals surface area (Å²) in [6.07, 6.45) is 2.03. The predicted octanol–water partition coefficient (Wildman–Crippen LogP) is 4.04. The number of nitrogens with one attached hydrogen (secondary N) is 2. The van der Waals surface area contributed by atoms with Crippen LogP contribution < -0.4 is 10.6 Å². The second kappa shape index (κ2) is 7.64. The summed E-state index contributed by atoms with van der Waals surface area (Å²) in [5.41, 5.74) is 0.173. The lowest BCUT2D eigenvalue weighted by molar-refractivity contribution is 0.0128. The molecule has 1 aromatic rings. The molecule has 0 aliphatic rings. The van der Waals surface area contributed by atoms with Crippen molar-refractivity contribution in [1.29, 1.82) is 0 Å². The number of amides is 1. The third kappa shape index (κ3) is 7.83. The fourth-order valence-electron chi connectivity index (χ4n) is 2.12. The molecular formula is C17H29N3O3. The zero-order valence-electron chi connectivity index (χ0n) is 15.2. The van der Waals surface area contributed by atoms with Crippen molar-refractivity contribution in [2.45, 2.75) is 65.2 Å². The van der Waals surface area contributed by atoms with Gasteiger partial charge in [0.1, 0.15) is 11.4 Å². The minimum atomic E-state index is -0.533. The Balaban J connectivity index is 2.55. The lowest BCUT2D eigenvalue weighted by Crippen LogP contribution is -2.31. The quantitative estimate of drug-likeness (QED) is 0.826. The van der Waals surface area contributed by atoms with Gasteiger partial charge in [-0.1, -0.05) is 0 Å². The van der Waals surface area contributed by atoms with Crippen LogP contribution in [0.1, 0.15) is 48.0 Å². The Morgan fingerprint density at radius 3 is 2.39 bits per heavy atom. The number of anilines is 2. The molecule has 0 aliphatic heterocycles. The van der Waals surface area contributed by atoms with Crippen LogP contribution in [0.4, 0.5) is 16.3 Å². The summed E-state index contributed by atoms with van der Waals surface area (Å²) in [6, 6.07) is 3.84. The molecule has 0 radical (unpaired) electrons. The molecule has 2 N–H and O–H groups in total. The third-order valence-electron chi connectivity index (χ3n) is 3.16.